The highest BCUT2D eigenvalue weighted by Crippen LogP contribution is 2.21. The first-order chi connectivity index (χ1) is 13.7. The highest BCUT2D eigenvalue weighted by Gasteiger charge is 2.09. The Labute approximate surface area is 168 Å². The summed E-state index contributed by atoms with van der Waals surface area (Å²) in [6.07, 6.45) is 1.70. The number of carbonyl (C=O) groups is 2. The molecule has 0 aliphatic carbocycles. The fourth-order valence-corrected chi connectivity index (χ4v) is 3.39. The van der Waals surface area contributed by atoms with Crippen LogP contribution in [0.15, 0.2) is 72.1 Å². The molecule has 0 saturated carbocycles. The van der Waals surface area contributed by atoms with Gasteiger partial charge in [-0.25, -0.2) is 0 Å². The van der Waals surface area contributed by atoms with E-state index < -0.39 is 5.91 Å². The molecule has 6 heteroatoms. The lowest BCUT2D eigenvalue weighted by atomic mass is 10.0. The highest BCUT2D eigenvalue weighted by atomic mass is 32.1. The quantitative estimate of drug-likeness (QED) is 0.575. The zero-order chi connectivity index (χ0) is 19.6. The Balaban J connectivity index is 1.43. The molecule has 3 aromatic rings. The van der Waals surface area contributed by atoms with Crippen LogP contribution >= 0.6 is 11.3 Å². The molecule has 0 atom stereocenters. The minimum absolute atomic E-state index is 0.170. The number of hydrogen-bond acceptors (Lipinski definition) is 4. The number of para-hydroxylation sites is 1. The van der Waals surface area contributed by atoms with Crippen LogP contribution in [0.3, 0.4) is 0 Å². The average molecular weight is 394 g/mol. The molecule has 0 aliphatic heterocycles. The number of benzene rings is 2. The van der Waals surface area contributed by atoms with Crippen LogP contribution in [0, 0.1) is 0 Å². The molecular weight excluding hydrogens is 372 g/mol. The third-order valence-corrected chi connectivity index (χ3v) is 5.02. The summed E-state index contributed by atoms with van der Waals surface area (Å²) in [7, 11) is 0. The molecule has 1 aromatic heterocycles. The Hall–Kier alpha value is -3.12. The van der Waals surface area contributed by atoms with Gasteiger partial charge >= 0.3 is 0 Å². The Morgan fingerprint density at radius 3 is 2.39 bits per heavy atom. The fraction of sp³-hybridized carbons (Fsp3) is 0.182. The lowest BCUT2D eigenvalue weighted by Crippen LogP contribution is -2.43. The predicted molar refractivity (Wildman–Crippen MR) is 110 cm³/mol. The summed E-state index contributed by atoms with van der Waals surface area (Å²) in [6.45, 7) is -0.170. The van der Waals surface area contributed by atoms with E-state index >= 15 is 0 Å². The second-order valence-corrected chi connectivity index (χ2v) is 7.27. The summed E-state index contributed by atoms with van der Waals surface area (Å²) in [5.74, 6) is 0.0238. The minimum atomic E-state index is -0.404. The molecule has 0 radical (unpaired) electrons. The molecule has 0 bridgehead atoms. The smallest absolute Gasteiger partial charge is 0.276 e. The van der Waals surface area contributed by atoms with E-state index in [-0.39, 0.29) is 12.5 Å². The number of amides is 2. The highest BCUT2D eigenvalue weighted by molar-refractivity contribution is 7.09. The van der Waals surface area contributed by atoms with Gasteiger partial charge in [-0.2, -0.15) is 0 Å². The van der Waals surface area contributed by atoms with Gasteiger partial charge in [0.05, 0.1) is 0 Å². The number of ether oxygens (including phenoxy) is 1. The topological polar surface area (TPSA) is 67.4 Å². The number of nitrogens with one attached hydrogen (secondary N) is 2. The second-order valence-electron chi connectivity index (χ2n) is 6.23. The van der Waals surface area contributed by atoms with Crippen LogP contribution < -0.4 is 15.6 Å². The Kier molecular flexibility index (Phi) is 7.21. The molecule has 2 aromatic carbocycles. The van der Waals surface area contributed by atoms with Gasteiger partial charge in [0.2, 0.25) is 5.91 Å². The lowest BCUT2D eigenvalue weighted by Gasteiger charge is -2.12. The van der Waals surface area contributed by atoms with E-state index in [1.165, 1.54) is 5.56 Å². The summed E-state index contributed by atoms with van der Waals surface area (Å²) >= 11 is 1.61. The maximum absolute atomic E-state index is 12.0. The molecule has 0 aliphatic rings. The first kappa shape index (κ1) is 19.6. The number of rotatable bonds is 8. The summed E-state index contributed by atoms with van der Waals surface area (Å²) < 4.78 is 5.66. The van der Waals surface area contributed by atoms with Crippen molar-refractivity contribution in [1.82, 2.24) is 10.9 Å². The molecule has 0 fully saturated rings. The van der Waals surface area contributed by atoms with E-state index in [1.807, 2.05) is 60.0 Å². The van der Waals surface area contributed by atoms with Gasteiger partial charge < -0.3 is 4.74 Å². The SMILES string of the molecule is O=C(CCc1cccs1)NNC(=O)COc1ccccc1Cc1ccccc1. The standard InChI is InChI=1S/C22H22N2O3S/c25-21(13-12-19-10-6-14-28-19)23-24-22(26)16-27-20-11-5-4-9-18(20)15-17-7-2-1-3-8-17/h1-11,14H,12-13,15-16H2,(H,23,25)(H,24,26). The van der Waals surface area contributed by atoms with E-state index in [0.29, 0.717) is 18.6 Å². The monoisotopic (exact) mass is 394 g/mol. The largest absolute Gasteiger partial charge is 0.483 e. The van der Waals surface area contributed by atoms with Crippen LogP contribution in [0.2, 0.25) is 0 Å². The predicted octanol–water partition coefficient (Wildman–Crippen LogP) is 3.50. The number of hydrogen-bond donors (Lipinski definition) is 2. The maximum atomic E-state index is 12.0. The molecule has 3 rings (SSSR count). The van der Waals surface area contributed by atoms with Crippen LogP contribution in [-0.4, -0.2) is 18.4 Å². The van der Waals surface area contributed by atoms with Gasteiger partial charge in [-0.15, -0.1) is 11.3 Å². The number of aryl methyl sites for hydroxylation is 1. The fourth-order valence-electron chi connectivity index (χ4n) is 2.68. The van der Waals surface area contributed by atoms with Gasteiger partial charge in [0.25, 0.3) is 5.91 Å². The summed E-state index contributed by atoms with van der Waals surface area (Å²) in [5, 5.41) is 1.97. The molecule has 5 nitrogen and oxygen atoms in total. The molecule has 2 N–H and O–H groups in total. The molecule has 1 heterocycles. The van der Waals surface area contributed by atoms with Crippen molar-refractivity contribution in [2.75, 3.05) is 6.61 Å². The normalized spacial score (nSPS) is 10.3. The van der Waals surface area contributed by atoms with Crippen molar-refractivity contribution < 1.29 is 14.3 Å². The van der Waals surface area contributed by atoms with Crippen molar-refractivity contribution >= 4 is 23.2 Å². The first-order valence-electron chi connectivity index (χ1n) is 9.05. The van der Waals surface area contributed by atoms with Crippen molar-refractivity contribution in [2.45, 2.75) is 19.3 Å². The van der Waals surface area contributed by atoms with Crippen LogP contribution in [0.4, 0.5) is 0 Å². The van der Waals surface area contributed by atoms with E-state index in [4.69, 9.17) is 4.74 Å². The molecule has 2 amide bonds. The van der Waals surface area contributed by atoms with Gasteiger partial charge in [0.15, 0.2) is 6.61 Å². The lowest BCUT2D eigenvalue weighted by molar-refractivity contribution is -0.130. The molecule has 0 saturated heterocycles. The van der Waals surface area contributed by atoms with Crippen molar-refractivity contribution in [3.05, 3.63) is 88.1 Å². The molecule has 144 valence electrons. The first-order valence-corrected chi connectivity index (χ1v) is 9.93. The van der Waals surface area contributed by atoms with Crippen molar-refractivity contribution in [2.24, 2.45) is 0 Å². The zero-order valence-corrected chi connectivity index (χ0v) is 16.2. The minimum Gasteiger partial charge on any atom is -0.483 e. The second kappa shape index (κ2) is 10.3. The van der Waals surface area contributed by atoms with Crippen LogP contribution in [0.25, 0.3) is 0 Å². The average Bonchev–Trinajstić information content (AvgIpc) is 3.24. The Morgan fingerprint density at radius 1 is 0.857 bits per heavy atom. The summed E-state index contributed by atoms with van der Waals surface area (Å²) in [4.78, 5) is 24.9. The third-order valence-electron chi connectivity index (χ3n) is 4.09. The van der Waals surface area contributed by atoms with E-state index in [1.54, 1.807) is 11.3 Å². The number of carbonyl (C=O) groups excluding carboxylic acids is 2. The Bertz CT molecular complexity index is 895. The maximum Gasteiger partial charge on any atom is 0.276 e. The molecular formula is C22H22N2O3S. The van der Waals surface area contributed by atoms with Gasteiger partial charge in [0.1, 0.15) is 5.75 Å². The van der Waals surface area contributed by atoms with E-state index in [9.17, 15) is 9.59 Å². The number of thiophene rings is 1. The van der Waals surface area contributed by atoms with Crippen molar-refractivity contribution in [3.63, 3.8) is 0 Å². The Morgan fingerprint density at radius 2 is 1.61 bits per heavy atom. The molecule has 0 unspecified atom stereocenters. The van der Waals surface area contributed by atoms with Crippen molar-refractivity contribution in [1.29, 1.82) is 0 Å². The number of hydrazine groups is 1. The summed E-state index contributed by atoms with van der Waals surface area (Å²) in [6, 6.07) is 21.6. The molecule has 0 spiro atoms. The van der Waals surface area contributed by atoms with E-state index in [0.717, 1.165) is 16.9 Å². The van der Waals surface area contributed by atoms with Gasteiger partial charge in [0, 0.05) is 17.7 Å². The van der Waals surface area contributed by atoms with Crippen molar-refractivity contribution in [3.8, 4) is 5.75 Å². The third kappa shape index (κ3) is 6.25. The zero-order valence-electron chi connectivity index (χ0n) is 15.4. The van der Waals surface area contributed by atoms with Crippen LogP contribution in [0.1, 0.15) is 22.4 Å². The van der Waals surface area contributed by atoms with E-state index in [2.05, 4.69) is 23.0 Å². The van der Waals surface area contributed by atoms with Crippen LogP contribution in [-0.2, 0) is 22.4 Å². The van der Waals surface area contributed by atoms with Gasteiger partial charge in [-0.3, -0.25) is 20.4 Å². The van der Waals surface area contributed by atoms with Gasteiger partial charge in [-0.1, -0.05) is 54.6 Å². The van der Waals surface area contributed by atoms with Gasteiger partial charge in [-0.05, 0) is 35.1 Å². The van der Waals surface area contributed by atoms with Crippen LogP contribution in [0.5, 0.6) is 5.75 Å². The molecule has 28 heavy (non-hydrogen) atoms. The summed E-state index contributed by atoms with van der Waals surface area (Å²) in [5.41, 5.74) is 6.98.